The number of fused-ring (bicyclic) bond motifs is 5. The normalized spacial score (nSPS) is 30.3. The zero-order valence-electron chi connectivity index (χ0n) is 32.2. The summed E-state index contributed by atoms with van der Waals surface area (Å²) < 4.78 is 41.6. The van der Waals surface area contributed by atoms with Crippen molar-refractivity contribution in [1.82, 2.24) is 34.6 Å². The van der Waals surface area contributed by atoms with Crippen molar-refractivity contribution in [3.05, 3.63) is 48.8 Å². The van der Waals surface area contributed by atoms with Crippen molar-refractivity contribution < 1.29 is 37.1 Å². The molecule has 0 unspecified atom stereocenters. The number of nitrogens with one attached hydrogen (secondary N) is 3. The molecule has 4 aliphatic rings. The largest absolute Gasteiger partial charge is 0.472 e. The molecule has 2 saturated carbocycles. The molecule has 1 aromatic carbocycles. The summed E-state index contributed by atoms with van der Waals surface area (Å²) in [6, 6.07) is 5.35. The van der Waals surface area contributed by atoms with E-state index in [0.29, 0.717) is 36.8 Å². The standard InChI is InChI=1S/C39H51N7O8S/c1-23-11-7-8-12-25-21-39(25,34(49)44-55(51,52)38(6)15-16-38)43-31(47)29-20-26(53-32-27-13-9-10-14-28(27)45-18-17-40-35(45)42-32)22-46(29)33(48)30(24(2)19-23)41-36(50)54-37(3,4)5/h8-10,12-14,17-18,23-26,29-30H,7,11,15-16,19-22H2,1-6H3,(H,41,50)(H,43,47)(H,44,49)/b12-8-/t23-,24-,25-,26-,29+,30+,39-/m1/s1. The van der Waals surface area contributed by atoms with Gasteiger partial charge in [0, 0.05) is 24.7 Å². The Morgan fingerprint density at radius 3 is 2.56 bits per heavy atom. The van der Waals surface area contributed by atoms with Gasteiger partial charge in [0.05, 0.1) is 22.2 Å². The average Bonchev–Trinajstić information content (AvgIpc) is 3.89. The molecule has 3 aromatic rings. The first-order valence-corrected chi connectivity index (χ1v) is 20.6. The fourth-order valence-electron chi connectivity index (χ4n) is 7.86. The number of carbonyl (C=O) groups is 4. The maximum atomic E-state index is 14.8. The lowest BCUT2D eigenvalue weighted by Gasteiger charge is -2.33. The van der Waals surface area contributed by atoms with Crippen LogP contribution in [0.25, 0.3) is 16.7 Å². The molecule has 4 heterocycles. The summed E-state index contributed by atoms with van der Waals surface area (Å²) in [7, 11) is -4.00. The van der Waals surface area contributed by atoms with E-state index in [1.165, 1.54) is 4.90 Å². The van der Waals surface area contributed by atoms with Gasteiger partial charge in [0.25, 0.3) is 5.91 Å². The number of nitrogens with zero attached hydrogens (tertiary/aromatic N) is 4. The van der Waals surface area contributed by atoms with Crippen molar-refractivity contribution in [3.63, 3.8) is 0 Å². The number of para-hydroxylation sites is 1. The van der Waals surface area contributed by atoms with Gasteiger partial charge in [-0.1, -0.05) is 38.1 Å². The number of hydrogen-bond acceptors (Lipinski definition) is 10. The molecule has 2 aromatic heterocycles. The summed E-state index contributed by atoms with van der Waals surface area (Å²) in [6.45, 7) is 10.7. The second-order valence-corrected chi connectivity index (χ2v) is 19.3. The Morgan fingerprint density at radius 2 is 1.84 bits per heavy atom. The molecule has 2 aliphatic heterocycles. The van der Waals surface area contributed by atoms with Crippen molar-refractivity contribution in [3.8, 4) is 5.88 Å². The summed E-state index contributed by atoms with van der Waals surface area (Å²) in [6.07, 6.45) is 8.93. The third-order valence-corrected chi connectivity index (χ3v) is 13.6. The molecular formula is C39H51N7O8S. The molecule has 7 atom stereocenters. The van der Waals surface area contributed by atoms with Gasteiger partial charge in [-0.3, -0.25) is 23.5 Å². The molecule has 2 aliphatic carbocycles. The van der Waals surface area contributed by atoms with E-state index in [0.717, 1.165) is 11.9 Å². The van der Waals surface area contributed by atoms with Gasteiger partial charge in [0.2, 0.25) is 33.5 Å². The van der Waals surface area contributed by atoms with Gasteiger partial charge in [0.15, 0.2) is 0 Å². The van der Waals surface area contributed by atoms with Crippen LogP contribution in [0.5, 0.6) is 5.88 Å². The quantitative estimate of drug-likeness (QED) is 0.309. The molecule has 7 rings (SSSR count). The number of rotatable bonds is 6. The predicted molar refractivity (Wildman–Crippen MR) is 203 cm³/mol. The molecule has 55 heavy (non-hydrogen) atoms. The van der Waals surface area contributed by atoms with Crippen LogP contribution >= 0.6 is 0 Å². The lowest BCUT2D eigenvalue weighted by Crippen LogP contribution is -2.59. The first-order valence-electron chi connectivity index (χ1n) is 19.1. The van der Waals surface area contributed by atoms with E-state index in [-0.39, 0.29) is 37.1 Å². The van der Waals surface area contributed by atoms with Gasteiger partial charge in [-0.05, 0) is 90.2 Å². The van der Waals surface area contributed by atoms with Gasteiger partial charge in [0.1, 0.15) is 29.3 Å². The van der Waals surface area contributed by atoms with E-state index in [9.17, 15) is 27.6 Å². The third-order valence-electron chi connectivity index (χ3n) is 11.4. The van der Waals surface area contributed by atoms with E-state index in [4.69, 9.17) is 9.47 Å². The van der Waals surface area contributed by atoms with Gasteiger partial charge in [-0.25, -0.2) is 18.2 Å². The maximum absolute atomic E-state index is 14.8. The van der Waals surface area contributed by atoms with Gasteiger partial charge < -0.3 is 25.0 Å². The van der Waals surface area contributed by atoms with E-state index in [2.05, 4.69) is 32.2 Å². The number of benzene rings is 1. The van der Waals surface area contributed by atoms with Crippen molar-refractivity contribution in [1.29, 1.82) is 0 Å². The number of imidazole rings is 1. The predicted octanol–water partition coefficient (Wildman–Crippen LogP) is 4.01. The van der Waals surface area contributed by atoms with Crippen LogP contribution in [0.4, 0.5) is 4.79 Å². The minimum Gasteiger partial charge on any atom is -0.472 e. The highest BCUT2D eigenvalue weighted by Gasteiger charge is 2.63. The number of aromatic nitrogens is 3. The first-order chi connectivity index (χ1) is 25.9. The average molecular weight is 778 g/mol. The van der Waals surface area contributed by atoms with Crippen LogP contribution in [0.2, 0.25) is 0 Å². The van der Waals surface area contributed by atoms with E-state index in [1.54, 1.807) is 40.1 Å². The first kappa shape index (κ1) is 38.5. The van der Waals surface area contributed by atoms with Crippen LogP contribution in [0, 0.1) is 17.8 Å². The fraction of sp³-hybridized carbons (Fsp3) is 0.590. The van der Waals surface area contributed by atoms with Crippen LogP contribution in [0.1, 0.15) is 86.5 Å². The van der Waals surface area contributed by atoms with E-state index >= 15 is 0 Å². The van der Waals surface area contributed by atoms with Gasteiger partial charge >= 0.3 is 6.09 Å². The molecule has 3 fully saturated rings. The summed E-state index contributed by atoms with van der Waals surface area (Å²) in [5.74, 6) is -1.88. The highest BCUT2D eigenvalue weighted by Crippen LogP contribution is 2.47. The molecule has 0 bridgehead atoms. The summed E-state index contributed by atoms with van der Waals surface area (Å²) in [4.78, 5) is 66.9. The monoisotopic (exact) mass is 777 g/mol. The number of amides is 4. The van der Waals surface area contributed by atoms with Crippen LogP contribution in [0.15, 0.2) is 48.8 Å². The van der Waals surface area contributed by atoms with Crippen LogP contribution in [-0.4, -0.2) is 92.1 Å². The highest BCUT2D eigenvalue weighted by atomic mass is 32.2. The summed E-state index contributed by atoms with van der Waals surface area (Å²) in [5.41, 5.74) is -1.55. The van der Waals surface area contributed by atoms with Gasteiger partial charge in [-0.2, -0.15) is 4.98 Å². The number of alkyl carbamates (subject to hydrolysis) is 1. The lowest BCUT2D eigenvalue weighted by atomic mass is 9.88. The molecule has 1 saturated heterocycles. The fourth-order valence-corrected chi connectivity index (χ4v) is 9.17. The van der Waals surface area contributed by atoms with Crippen LogP contribution in [-0.2, 0) is 29.1 Å². The highest BCUT2D eigenvalue weighted by molar-refractivity contribution is 7.91. The Bertz CT molecular complexity index is 2160. The number of carbonyl (C=O) groups excluding carboxylic acids is 4. The Balaban J connectivity index is 1.24. The number of sulfonamides is 1. The van der Waals surface area contributed by atoms with Crippen molar-refractivity contribution in [2.45, 2.75) is 121 Å². The number of allylic oxidation sites excluding steroid dienone is 1. The van der Waals surface area contributed by atoms with E-state index < -0.39 is 73.8 Å². The second kappa shape index (κ2) is 14.1. The smallest absolute Gasteiger partial charge is 0.408 e. The SMILES string of the molecule is C[C@@H]1CC/C=C\[C@@H]2C[C@@]2(C(=O)NS(=O)(=O)C2(C)CC2)NC(=O)[C@@H]2C[C@@H](Oc3nc4nccn4c4ccccc34)CN2C(=O)[C@@H](NC(=O)OC(C)(C)C)[C@H](C)C1. The molecule has 15 nitrogen and oxygen atoms in total. The van der Waals surface area contributed by atoms with Crippen molar-refractivity contribution in [2.75, 3.05) is 6.54 Å². The molecule has 0 spiro atoms. The van der Waals surface area contributed by atoms with Crippen LogP contribution in [0.3, 0.4) is 0 Å². The Kier molecular flexibility index (Phi) is 9.87. The Morgan fingerprint density at radius 1 is 1.09 bits per heavy atom. The molecular weight excluding hydrogens is 727 g/mol. The minimum atomic E-state index is -4.00. The van der Waals surface area contributed by atoms with E-state index in [1.807, 2.05) is 47.7 Å². The van der Waals surface area contributed by atoms with Crippen LogP contribution < -0.4 is 20.1 Å². The lowest BCUT2D eigenvalue weighted by molar-refractivity contribution is -0.142. The minimum absolute atomic E-state index is 0.0312. The molecule has 16 heteroatoms. The molecule has 3 N–H and O–H groups in total. The number of ether oxygens (including phenoxy) is 2. The number of hydrogen-bond donors (Lipinski definition) is 3. The maximum Gasteiger partial charge on any atom is 0.408 e. The third kappa shape index (κ3) is 7.74. The zero-order valence-corrected chi connectivity index (χ0v) is 33.0. The molecule has 296 valence electrons. The topological polar surface area (TPSA) is 190 Å². The van der Waals surface area contributed by atoms with Gasteiger partial charge in [-0.15, -0.1) is 0 Å². The summed E-state index contributed by atoms with van der Waals surface area (Å²) in [5, 5.41) is 6.43. The second-order valence-electron chi connectivity index (χ2n) is 17.1. The van der Waals surface area contributed by atoms with Crippen molar-refractivity contribution >= 4 is 50.5 Å². The Hall–Kier alpha value is -4.73. The Labute approximate surface area is 321 Å². The molecule has 4 amide bonds. The zero-order chi connectivity index (χ0) is 39.5. The van der Waals surface area contributed by atoms with Crippen molar-refractivity contribution in [2.24, 2.45) is 17.8 Å². The summed E-state index contributed by atoms with van der Waals surface area (Å²) >= 11 is 0. The molecule has 0 radical (unpaired) electrons.